The summed E-state index contributed by atoms with van der Waals surface area (Å²) >= 11 is 0. The summed E-state index contributed by atoms with van der Waals surface area (Å²) < 4.78 is 0. The molecule has 0 bridgehead atoms. The number of nitrogens with one attached hydrogen (secondary N) is 1. The lowest BCUT2D eigenvalue weighted by molar-refractivity contribution is 0.0627. The SMILES string of the molecule is CC(C)c1cc(C(=O)N2CCCC3(CCc4c3nc(N(C)C)[nH]c4=O)C2)nc(N)n1. The number of rotatable bonds is 3. The van der Waals surface area contributed by atoms with Crippen molar-refractivity contribution in [1.29, 1.82) is 0 Å². The van der Waals surface area contributed by atoms with E-state index in [0.717, 1.165) is 36.2 Å². The third kappa shape index (κ3) is 3.42. The minimum absolute atomic E-state index is 0.0748. The van der Waals surface area contributed by atoms with Crippen LogP contribution in [0.4, 0.5) is 11.9 Å². The summed E-state index contributed by atoms with van der Waals surface area (Å²) in [6, 6.07) is 1.74. The Balaban J connectivity index is 1.67. The molecule has 1 fully saturated rings. The third-order valence-corrected chi connectivity index (χ3v) is 6.22. The van der Waals surface area contributed by atoms with Gasteiger partial charge in [0, 0.05) is 43.9 Å². The molecule has 2 aliphatic rings. The van der Waals surface area contributed by atoms with Crippen LogP contribution >= 0.6 is 0 Å². The molecule has 0 radical (unpaired) electrons. The van der Waals surface area contributed by atoms with Crippen LogP contribution in [0.2, 0.25) is 0 Å². The molecule has 2 aromatic heterocycles. The molecule has 2 aromatic rings. The van der Waals surface area contributed by atoms with E-state index >= 15 is 0 Å². The molecule has 1 spiro atoms. The smallest absolute Gasteiger partial charge is 0.272 e. The number of fused-ring (bicyclic) bond motifs is 2. The highest BCUT2D eigenvalue weighted by Crippen LogP contribution is 2.43. The lowest BCUT2D eigenvalue weighted by Gasteiger charge is -2.40. The first kappa shape index (κ1) is 20.3. The maximum atomic E-state index is 13.3. The van der Waals surface area contributed by atoms with E-state index in [2.05, 4.69) is 15.0 Å². The van der Waals surface area contributed by atoms with Crippen molar-refractivity contribution in [2.24, 2.45) is 0 Å². The van der Waals surface area contributed by atoms with E-state index in [1.807, 2.05) is 32.8 Å². The first-order valence-corrected chi connectivity index (χ1v) is 10.4. The molecule has 1 unspecified atom stereocenters. The van der Waals surface area contributed by atoms with Gasteiger partial charge in [-0.2, -0.15) is 0 Å². The van der Waals surface area contributed by atoms with Gasteiger partial charge in [0.1, 0.15) is 5.69 Å². The van der Waals surface area contributed by atoms with Gasteiger partial charge in [-0.05, 0) is 37.7 Å². The molecule has 3 heterocycles. The van der Waals surface area contributed by atoms with Crippen molar-refractivity contribution in [2.75, 3.05) is 37.8 Å². The number of nitrogens with two attached hydrogens (primary N) is 1. The van der Waals surface area contributed by atoms with Gasteiger partial charge in [-0.1, -0.05) is 13.8 Å². The minimum atomic E-state index is -0.290. The quantitative estimate of drug-likeness (QED) is 0.784. The minimum Gasteiger partial charge on any atom is -0.368 e. The van der Waals surface area contributed by atoms with E-state index in [4.69, 9.17) is 10.7 Å². The Hall–Kier alpha value is -2.97. The topological polar surface area (TPSA) is 121 Å². The van der Waals surface area contributed by atoms with Gasteiger partial charge in [-0.25, -0.2) is 15.0 Å². The van der Waals surface area contributed by atoms with E-state index in [0.29, 0.717) is 31.2 Å². The van der Waals surface area contributed by atoms with Gasteiger partial charge >= 0.3 is 0 Å². The summed E-state index contributed by atoms with van der Waals surface area (Å²) in [5, 5.41) is 0. The Morgan fingerprint density at radius 1 is 1.27 bits per heavy atom. The van der Waals surface area contributed by atoms with Gasteiger partial charge in [0.2, 0.25) is 11.9 Å². The number of aromatic nitrogens is 4. The van der Waals surface area contributed by atoms with Gasteiger partial charge in [0.15, 0.2) is 0 Å². The normalized spacial score (nSPS) is 20.6. The van der Waals surface area contributed by atoms with Crippen molar-refractivity contribution < 1.29 is 4.79 Å². The number of likely N-dealkylation sites (tertiary alicyclic amines) is 1. The Morgan fingerprint density at radius 3 is 2.73 bits per heavy atom. The molecule has 0 saturated carbocycles. The number of H-pyrrole nitrogens is 1. The molecule has 1 atom stereocenters. The molecular weight excluding hydrogens is 382 g/mol. The number of hydrogen-bond acceptors (Lipinski definition) is 7. The molecule has 160 valence electrons. The van der Waals surface area contributed by atoms with E-state index in [9.17, 15) is 9.59 Å². The summed E-state index contributed by atoms with van der Waals surface area (Å²) in [5.41, 5.74) is 8.18. The fraction of sp³-hybridized carbons (Fsp3) is 0.571. The molecule has 9 nitrogen and oxygen atoms in total. The maximum absolute atomic E-state index is 13.3. The van der Waals surface area contributed by atoms with Gasteiger partial charge in [0.05, 0.1) is 5.69 Å². The van der Waals surface area contributed by atoms with E-state index < -0.39 is 0 Å². The lowest BCUT2D eigenvalue weighted by atomic mass is 9.77. The first-order valence-electron chi connectivity index (χ1n) is 10.4. The number of nitrogens with zero attached hydrogens (tertiary/aromatic N) is 5. The molecule has 3 N–H and O–H groups in total. The van der Waals surface area contributed by atoms with Crippen molar-refractivity contribution >= 4 is 17.8 Å². The van der Waals surface area contributed by atoms with Crippen LogP contribution in [0.1, 0.15) is 66.5 Å². The fourth-order valence-electron chi connectivity index (χ4n) is 4.61. The monoisotopic (exact) mass is 411 g/mol. The lowest BCUT2D eigenvalue weighted by Crippen LogP contribution is -2.48. The Morgan fingerprint density at radius 2 is 2.03 bits per heavy atom. The second-order valence-electron chi connectivity index (χ2n) is 8.91. The zero-order valence-electron chi connectivity index (χ0n) is 18.0. The van der Waals surface area contributed by atoms with Crippen LogP contribution in [-0.2, 0) is 11.8 Å². The molecular formula is C21H29N7O2. The average molecular weight is 412 g/mol. The first-order chi connectivity index (χ1) is 14.2. The van der Waals surface area contributed by atoms with Crippen LogP contribution in [0.5, 0.6) is 0 Å². The summed E-state index contributed by atoms with van der Waals surface area (Å²) in [6.45, 7) is 5.20. The van der Waals surface area contributed by atoms with Crippen LogP contribution in [0, 0.1) is 0 Å². The van der Waals surface area contributed by atoms with Gasteiger partial charge in [0.25, 0.3) is 11.5 Å². The zero-order chi connectivity index (χ0) is 21.6. The summed E-state index contributed by atoms with van der Waals surface area (Å²) in [7, 11) is 3.71. The third-order valence-electron chi connectivity index (χ3n) is 6.22. The Kier molecular flexibility index (Phi) is 4.99. The second kappa shape index (κ2) is 7.37. The van der Waals surface area contributed by atoms with E-state index in [1.165, 1.54) is 0 Å². The number of piperidine rings is 1. The fourth-order valence-corrected chi connectivity index (χ4v) is 4.61. The highest BCUT2D eigenvalue weighted by Gasteiger charge is 2.46. The highest BCUT2D eigenvalue weighted by atomic mass is 16.2. The number of carbonyl (C=O) groups excluding carboxylic acids is 1. The van der Waals surface area contributed by atoms with Crippen LogP contribution < -0.4 is 16.2 Å². The number of aromatic amines is 1. The number of hydrogen-bond donors (Lipinski definition) is 2. The summed E-state index contributed by atoms with van der Waals surface area (Å²) in [6.07, 6.45) is 3.28. The summed E-state index contributed by atoms with van der Waals surface area (Å²) in [5.74, 6) is 0.674. The number of anilines is 2. The number of nitrogen functional groups attached to an aromatic ring is 1. The van der Waals surface area contributed by atoms with Crippen molar-refractivity contribution in [3.63, 3.8) is 0 Å². The predicted octanol–water partition coefficient (Wildman–Crippen LogP) is 1.45. The molecule has 0 aromatic carbocycles. The molecule has 9 heteroatoms. The van der Waals surface area contributed by atoms with E-state index in [-0.39, 0.29) is 28.7 Å². The molecule has 4 rings (SSSR count). The van der Waals surface area contributed by atoms with Gasteiger partial charge in [-0.3, -0.25) is 14.6 Å². The second-order valence-corrected chi connectivity index (χ2v) is 8.91. The standard InChI is InChI=1S/C21H29N7O2/c1-12(2)14-10-15(24-19(22)23-14)18(30)28-9-5-7-21(11-28)8-6-13-16(21)25-20(27(3)4)26-17(13)29/h10,12H,5-9,11H2,1-4H3,(H2,22,23,24)(H,25,26,29). The number of carbonyl (C=O) groups is 1. The Bertz CT molecular complexity index is 1050. The van der Waals surface area contributed by atoms with Crippen LogP contribution in [0.25, 0.3) is 0 Å². The van der Waals surface area contributed by atoms with E-state index in [1.54, 1.807) is 11.0 Å². The highest BCUT2D eigenvalue weighted by molar-refractivity contribution is 5.93. The van der Waals surface area contributed by atoms with Crippen LogP contribution in [-0.4, -0.2) is 57.9 Å². The molecule has 1 amide bonds. The van der Waals surface area contributed by atoms with Crippen LogP contribution in [0.3, 0.4) is 0 Å². The van der Waals surface area contributed by atoms with Crippen molar-refractivity contribution in [3.05, 3.63) is 39.1 Å². The van der Waals surface area contributed by atoms with Gasteiger partial charge in [-0.15, -0.1) is 0 Å². The predicted molar refractivity (Wildman–Crippen MR) is 115 cm³/mol. The van der Waals surface area contributed by atoms with Crippen molar-refractivity contribution in [2.45, 2.75) is 50.9 Å². The molecule has 1 aliphatic carbocycles. The van der Waals surface area contributed by atoms with Crippen LogP contribution in [0.15, 0.2) is 10.9 Å². The average Bonchev–Trinajstić information content (AvgIpc) is 3.05. The molecule has 1 aliphatic heterocycles. The summed E-state index contributed by atoms with van der Waals surface area (Å²) in [4.78, 5) is 45.6. The maximum Gasteiger partial charge on any atom is 0.272 e. The Labute approximate surface area is 175 Å². The molecule has 1 saturated heterocycles. The van der Waals surface area contributed by atoms with Crippen molar-refractivity contribution in [3.8, 4) is 0 Å². The van der Waals surface area contributed by atoms with Crippen molar-refractivity contribution in [1.82, 2.24) is 24.8 Å². The zero-order valence-corrected chi connectivity index (χ0v) is 18.0. The largest absolute Gasteiger partial charge is 0.368 e. The number of amides is 1. The van der Waals surface area contributed by atoms with Gasteiger partial charge < -0.3 is 15.5 Å². The molecule has 30 heavy (non-hydrogen) atoms.